The van der Waals surface area contributed by atoms with Gasteiger partial charge in [-0.3, -0.25) is 4.79 Å². The first-order chi connectivity index (χ1) is 14.3. The summed E-state index contributed by atoms with van der Waals surface area (Å²) in [5.74, 6) is -3.41. The van der Waals surface area contributed by atoms with Crippen LogP contribution in [0.2, 0.25) is 5.02 Å². The Bertz CT molecular complexity index is 1110. The summed E-state index contributed by atoms with van der Waals surface area (Å²) in [7, 11) is 2.04. The average Bonchev–Trinajstić information content (AvgIpc) is 3.13. The van der Waals surface area contributed by atoms with Crippen LogP contribution in [0.3, 0.4) is 0 Å². The van der Waals surface area contributed by atoms with Crippen LogP contribution >= 0.6 is 11.6 Å². The van der Waals surface area contributed by atoms with Gasteiger partial charge < -0.3 is 20.5 Å². The number of nitrogens with one attached hydrogen (secondary N) is 3. The second kappa shape index (κ2) is 8.16. The van der Waals surface area contributed by atoms with E-state index in [1.807, 2.05) is 7.05 Å². The summed E-state index contributed by atoms with van der Waals surface area (Å²) in [5.41, 5.74) is -0.121. The fourth-order valence-corrected chi connectivity index (χ4v) is 3.65. The number of anilines is 2. The summed E-state index contributed by atoms with van der Waals surface area (Å²) in [6.07, 6.45) is 1.76. The molecule has 158 valence electrons. The standard InChI is InChI=1S/C20H19ClF3N5O/c1-29-6-4-10(5-7-29)26-20-27-17-12(9-15(23)16(24)18(17)28-20)19(30)25-11-2-3-14(22)13(21)8-11/h2-3,8-10H,4-7H2,1H3,(H,25,30)(H2,26,27,28). The van der Waals surface area contributed by atoms with Crippen LogP contribution < -0.4 is 10.6 Å². The quantitative estimate of drug-likeness (QED) is 0.566. The van der Waals surface area contributed by atoms with Crippen LogP contribution in [0.4, 0.5) is 24.8 Å². The average molecular weight is 438 g/mol. The molecule has 1 aromatic heterocycles. The molecule has 4 rings (SSSR count). The maximum atomic E-state index is 14.3. The second-order valence-electron chi connectivity index (χ2n) is 7.33. The number of piperidine rings is 1. The summed E-state index contributed by atoms with van der Waals surface area (Å²) >= 11 is 5.73. The van der Waals surface area contributed by atoms with E-state index in [0.29, 0.717) is 0 Å². The predicted octanol–water partition coefficient (Wildman–Crippen LogP) is 4.39. The van der Waals surface area contributed by atoms with E-state index in [-0.39, 0.29) is 39.3 Å². The molecule has 1 saturated heterocycles. The highest BCUT2D eigenvalue weighted by Gasteiger charge is 2.23. The fraction of sp³-hybridized carbons (Fsp3) is 0.300. The molecule has 0 radical (unpaired) electrons. The Hall–Kier alpha value is -2.78. The molecule has 0 saturated carbocycles. The van der Waals surface area contributed by atoms with Crippen LogP contribution in [0.5, 0.6) is 0 Å². The van der Waals surface area contributed by atoms with E-state index < -0.39 is 23.4 Å². The van der Waals surface area contributed by atoms with Crippen molar-refractivity contribution < 1.29 is 18.0 Å². The molecule has 10 heteroatoms. The number of nitrogens with zero attached hydrogens (tertiary/aromatic N) is 2. The molecule has 0 atom stereocenters. The number of imidazole rings is 1. The molecule has 0 unspecified atom stereocenters. The first-order valence-corrected chi connectivity index (χ1v) is 9.79. The lowest BCUT2D eigenvalue weighted by Gasteiger charge is -2.29. The third kappa shape index (κ3) is 4.08. The Kier molecular flexibility index (Phi) is 5.57. The second-order valence-corrected chi connectivity index (χ2v) is 7.74. The van der Waals surface area contributed by atoms with Gasteiger partial charge in [0.15, 0.2) is 11.6 Å². The topological polar surface area (TPSA) is 73.1 Å². The molecular weight excluding hydrogens is 419 g/mol. The number of aromatic nitrogens is 2. The first-order valence-electron chi connectivity index (χ1n) is 9.41. The van der Waals surface area contributed by atoms with Crippen LogP contribution in [0.15, 0.2) is 24.3 Å². The summed E-state index contributed by atoms with van der Waals surface area (Å²) in [5, 5.41) is 5.53. The molecule has 3 aromatic rings. The molecule has 6 nitrogen and oxygen atoms in total. The molecule has 1 aliphatic heterocycles. The minimum absolute atomic E-state index is 0.0648. The third-order valence-electron chi connectivity index (χ3n) is 5.14. The lowest BCUT2D eigenvalue weighted by molar-refractivity contribution is 0.102. The van der Waals surface area contributed by atoms with E-state index >= 15 is 0 Å². The van der Waals surface area contributed by atoms with Crippen molar-refractivity contribution in [1.29, 1.82) is 0 Å². The van der Waals surface area contributed by atoms with Crippen LogP contribution in [-0.2, 0) is 0 Å². The highest BCUT2D eigenvalue weighted by atomic mass is 35.5. The zero-order chi connectivity index (χ0) is 21.4. The van der Waals surface area contributed by atoms with Gasteiger partial charge in [-0.05, 0) is 57.2 Å². The van der Waals surface area contributed by atoms with Gasteiger partial charge >= 0.3 is 0 Å². The largest absolute Gasteiger partial charge is 0.353 e. The van der Waals surface area contributed by atoms with Crippen molar-refractivity contribution in [3.63, 3.8) is 0 Å². The maximum absolute atomic E-state index is 14.3. The molecule has 0 bridgehead atoms. The van der Waals surface area contributed by atoms with Gasteiger partial charge in [-0.15, -0.1) is 0 Å². The Morgan fingerprint density at radius 3 is 2.63 bits per heavy atom. The maximum Gasteiger partial charge on any atom is 0.257 e. The molecule has 1 amide bonds. The van der Waals surface area contributed by atoms with Gasteiger partial charge in [0.2, 0.25) is 5.95 Å². The molecular formula is C20H19ClF3N5O. The van der Waals surface area contributed by atoms with Crippen molar-refractivity contribution >= 4 is 40.2 Å². The minimum atomic E-state index is -1.19. The zero-order valence-corrected chi connectivity index (χ0v) is 16.8. The smallest absolute Gasteiger partial charge is 0.257 e. The SMILES string of the molecule is CN1CCC(Nc2nc3c(F)c(F)cc(C(=O)Nc4ccc(F)c(Cl)c4)c3[nH]2)CC1. The van der Waals surface area contributed by atoms with Crippen molar-refractivity contribution in [2.75, 3.05) is 30.8 Å². The van der Waals surface area contributed by atoms with Crippen molar-refractivity contribution in [3.8, 4) is 0 Å². The number of halogens is 4. The molecule has 2 heterocycles. The van der Waals surface area contributed by atoms with Gasteiger partial charge in [-0.2, -0.15) is 0 Å². The number of carbonyl (C=O) groups is 1. The Morgan fingerprint density at radius 2 is 1.93 bits per heavy atom. The molecule has 1 aliphatic rings. The molecule has 0 spiro atoms. The van der Waals surface area contributed by atoms with Gasteiger partial charge in [-0.25, -0.2) is 18.2 Å². The third-order valence-corrected chi connectivity index (χ3v) is 5.43. The van der Waals surface area contributed by atoms with Crippen molar-refractivity contribution in [1.82, 2.24) is 14.9 Å². The number of rotatable bonds is 4. The van der Waals surface area contributed by atoms with Gasteiger partial charge in [0.25, 0.3) is 5.91 Å². The van der Waals surface area contributed by atoms with Crippen molar-refractivity contribution in [3.05, 3.63) is 52.3 Å². The number of hydrogen-bond donors (Lipinski definition) is 3. The van der Waals surface area contributed by atoms with E-state index in [1.165, 1.54) is 12.1 Å². The minimum Gasteiger partial charge on any atom is -0.353 e. The first kappa shape index (κ1) is 20.5. The Labute approximate surface area is 175 Å². The van der Waals surface area contributed by atoms with Crippen LogP contribution in [0.1, 0.15) is 23.2 Å². The molecule has 2 aromatic carbocycles. The van der Waals surface area contributed by atoms with Crippen LogP contribution in [0, 0.1) is 17.5 Å². The van der Waals surface area contributed by atoms with E-state index in [0.717, 1.165) is 38.1 Å². The summed E-state index contributed by atoms with van der Waals surface area (Å²) in [4.78, 5) is 21.9. The fourth-order valence-electron chi connectivity index (χ4n) is 3.47. The number of fused-ring (bicyclic) bond motifs is 1. The van der Waals surface area contributed by atoms with Gasteiger partial charge in [0.05, 0.1) is 16.1 Å². The highest BCUT2D eigenvalue weighted by Crippen LogP contribution is 2.27. The molecule has 30 heavy (non-hydrogen) atoms. The van der Waals surface area contributed by atoms with E-state index in [2.05, 4.69) is 25.5 Å². The Balaban J connectivity index is 1.63. The predicted molar refractivity (Wildman–Crippen MR) is 110 cm³/mol. The van der Waals surface area contributed by atoms with Gasteiger partial charge in [0.1, 0.15) is 11.3 Å². The Morgan fingerprint density at radius 1 is 1.20 bits per heavy atom. The summed E-state index contributed by atoms with van der Waals surface area (Å²) < 4.78 is 41.8. The lowest BCUT2D eigenvalue weighted by Crippen LogP contribution is -2.36. The number of amides is 1. The lowest BCUT2D eigenvalue weighted by atomic mass is 10.1. The van der Waals surface area contributed by atoms with Gasteiger partial charge in [0, 0.05) is 11.7 Å². The van der Waals surface area contributed by atoms with Crippen molar-refractivity contribution in [2.45, 2.75) is 18.9 Å². The number of H-pyrrole nitrogens is 1. The highest BCUT2D eigenvalue weighted by molar-refractivity contribution is 6.31. The number of benzene rings is 2. The number of likely N-dealkylation sites (tertiary alicyclic amines) is 1. The van der Waals surface area contributed by atoms with E-state index in [1.54, 1.807) is 0 Å². The number of carbonyl (C=O) groups excluding carboxylic acids is 1. The molecule has 1 fully saturated rings. The molecule has 3 N–H and O–H groups in total. The monoisotopic (exact) mass is 437 g/mol. The normalized spacial score (nSPS) is 15.5. The summed E-state index contributed by atoms with van der Waals surface area (Å²) in [6, 6.07) is 4.57. The number of hydrogen-bond acceptors (Lipinski definition) is 4. The van der Waals surface area contributed by atoms with E-state index in [9.17, 15) is 18.0 Å². The van der Waals surface area contributed by atoms with Crippen LogP contribution in [-0.4, -0.2) is 47.0 Å². The van der Waals surface area contributed by atoms with Crippen LogP contribution in [0.25, 0.3) is 11.0 Å². The van der Waals surface area contributed by atoms with Gasteiger partial charge in [-0.1, -0.05) is 11.6 Å². The number of aromatic amines is 1. The van der Waals surface area contributed by atoms with E-state index in [4.69, 9.17) is 11.6 Å². The molecule has 0 aliphatic carbocycles. The van der Waals surface area contributed by atoms with Crippen molar-refractivity contribution in [2.24, 2.45) is 0 Å². The zero-order valence-electron chi connectivity index (χ0n) is 16.0. The summed E-state index contributed by atoms with van der Waals surface area (Å²) in [6.45, 7) is 1.82.